The van der Waals surface area contributed by atoms with E-state index in [1.807, 2.05) is 0 Å². The molecule has 22 heavy (non-hydrogen) atoms. The molecule has 110 valence electrons. The first kappa shape index (κ1) is 15.3. The molecule has 0 amide bonds. The lowest BCUT2D eigenvalue weighted by molar-refractivity contribution is -0.670. The molecule has 0 aliphatic rings. The lowest BCUT2D eigenvalue weighted by atomic mass is 10.0. The third kappa shape index (κ3) is 3.11. The van der Waals surface area contributed by atoms with Crippen LogP contribution < -0.4 is 4.57 Å². The van der Waals surface area contributed by atoms with E-state index in [0.717, 1.165) is 4.47 Å². The Kier molecular flexibility index (Phi) is 4.65. The number of halogens is 1. The molecule has 0 atom stereocenters. The first-order chi connectivity index (χ1) is 10.7. The summed E-state index contributed by atoms with van der Waals surface area (Å²) in [6.45, 7) is 0. The maximum absolute atomic E-state index is 3.57. The van der Waals surface area contributed by atoms with Crippen molar-refractivity contribution in [3.05, 3.63) is 71.5 Å². The molecule has 3 heteroatoms. The van der Waals surface area contributed by atoms with E-state index in [0.29, 0.717) is 0 Å². The molecule has 0 spiro atoms. The highest BCUT2D eigenvalue weighted by molar-refractivity contribution is 9.10. The van der Waals surface area contributed by atoms with E-state index < -0.39 is 0 Å². The molecule has 3 aromatic rings. The number of pyridine rings is 1. The summed E-state index contributed by atoms with van der Waals surface area (Å²) in [6, 6.07) is 19.0. The number of hydrogen-bond donors (Lipinski definition) is 0. The second-order valence-electron chi connectivity index (χ2n) is 5.16. The second kappa shape index (κ2) is 6.67. The fourth-order valence-electron chi connectivity index (χ4n) is 2.61. The Hall–Kier alpha value is -1.58. The number of thioether (sulfide) groups is 1. The summed E-state index contributed by atoms with van der Waals surface area (Å²) in [5.74, 6) is 0. The Morgan fingerprint density at radius 3 is 2.14 bits per heavy atom. The summed E-state index contributed by atoms with van der Waals surface area (Å²) in [5, 5.41) is 0. The minimum atomic E-state index is 1.10. The van der Waals surface area contributed by atoms with Crippen LogP contribution in [0.1, 0.15) is 0 Å². The van der Waals surface area contributed by atoms with Gasteiger partial charge in [-0.3, -0.25) is 0 Å². The second-order valence-corrected chi connectivity index (χ2v) is 6.89. The van der Waals surface area contributed by atoms with Crippen LogP contribution >= 0.6 is 27.7 Å². The van der Waals surface area contributed by atoms with Gasteiger partial charge in [-0.05, 0) is 29.5 Å². The SMILES string of the molecule is CSc1c(-c2ccccc2)c[n+](C)cc1-c1cccc(Br)c1. The third-order valence-corrected chi connectivity index (χ3v) is 4.92. The molecule has 0 bridgehead atoms. The van der Waals surface area contributed by atoms with Crippen molar-refractivity contribution < 1.29 is 4.57 Å². The van der Waals surface area contributed by atoms with Gasteiger partial charge in [0.1, 0.15) is 7.05 Å². The lowest BCUT2D eigenvalue weighted by Gasteiger charge is -2.12. The highest BCUT2D eigenvalue weighted by atomic mass is 79.9. The summed E-state index contributed by atoms with van der Waals surface area (Å²) in [5.41, 5.74) is 5.01. The summed E-state index contributed by atoms with van der Waals surface area (Å²) < 4.78 is 3.24. The number of benzene rings is 2. The van der Waals surface area contributed by atoms with Crippen molar-refractivity contribution in [3.63, 3.8) is 0 Å². The third-order valence-electron chi connectivity index (χ3n) is 3.58. The Morgan fingerprint density at radius 2 is 1.50 bits per heavy atom. The van der Waals surface area contributed by atoms with Gasteiger partial charge in [0, 0.05) is 9.37 Å². The van der Waals surface area contributed by atoms with Gasteiger partial charge in [0.15, 0.2) is 12.4 Å². The molecule has 1 aromatic heterocycles. The van der Waals surface area contributed by atoms with Crippen LogP contribution in [0.4, 0.5) is 0 Å². The van der Waals surface area contributed by atoms with Gasteiger partial charge in [-0.25, -0.2) is 4.57 Å². The van der Waals surface area contributed by atoms with Crippen LogP contribution in [0.2, 0.25) is 0 Å². The highest BCUT2D eigenvalue weighted by Gasteiger charge is 2.17. The Bertz CT molecular complexity index is 800. The summed E-state index contributed by atoms with van der Waals surface area (Å²) >= 11 is 5.37. The van der Waals surface area contributed by atoms with Gasteiger partial charge in [-0.15, -0.1) is 11.8 Å². The molecule has 1 nitrogen and oxygen atoms in total. The molecule has 0 unspecified atom stereocenters. The molecule has 0 aliphatic carbocycles. The minimum absolute atomic E-state index is 1.10. The summed E-state index contributed by atoms with van der Waals surface area (Å²) in [4.78, 5) is 1.31. The quantitative estimate of drug-likeness (QED) is 0.445. The minimum Gasteiger partial charge on any atom is -0.207 e. The molecule has 3 rings (SSSR count). The molecule has 2 aromatic carbocycles. The van der Waals surface area contributed by atoms with Crippen LogP contribution in [0, 0.1) is 0 Å². The molecular weight excluding hydrogens is 354 g/mol. The Balaban J connectivity index is 2.26. The molecule has 0 fully saturated rings. The van der Waals surface area contributed by atoms with Crippen molar-refractivity contribution in [2.75, 3.05) is 6.26 Å². The van der Waals surface area contributed by atoms with Crippen LogP contribution in [-0.4, -0.2) is 6.26 Å². The summed E-state index contributed by atoms with van der Waals surface area (Å²) in [7, 11) is 2.08. The van der Waals surface area contributed by atoms with E-state index in [1.165, 1.54) is 27.1 Å². The molecule has 0 radical (unpaired) electrons. The van der Waals surface area contributed by atoms with Gasteiger partial charge < -0.3 is 0 Å². The van der Waals surface area contributed by atoms with Crippen molar-refractivity contribution >= 4 is 27.7 Å². The summed E-state index contributed by atoms with van der Waals surface area (Å²) in [6.07, 6.45) is 6.53. The van der Waals surface area contributed by atoms with E-state index >= 15 is 0 Å². The predicted molar refractivity (Wildman–Crippen MR) is 98.0 cm³/mol. The van der Waals surface area contributed by atoms with Gasteiger partial charge in [-0.1, -0.05) is 58.4 Å². The van der Waals surface area contributed by atoms with Gasteiger partial charge in [0.2, 0.25) is 0 Å². The van der Waals surface area contributed by atoms with E-state index in [1.54, 1.807) is 11.8 Å². The van der Waals surface area contributed by atoms with Crippen LogP contribution in [0.25, 0.3) is 22.3 Å². The fourth-order valence-corrected chi connectivity index (χ4v) is 3.79. The molecule has 0 saturated heterocycles. The largest absolute Gasteiger partial charge is 0.207 e. The van der Waals surface area contributed by atoms with E-state index in [9.17, 15) is 0 Å². The highest BCUT2D eigenvalue weighted by Crippen LogP contribution is 2.37. The normalized spacial score (nSPS) is 10.7. The number of aromatic nitrogens is 1. The van der Waals surface area contributed by atoms with Crippen molar-refractivity contribution in [2.45, 2.75) is 4.90 Å². The van der Waals surface area contributed by atoms with Gasteiger partial charge in [0.25, 0.3) is 0 Å². The standard InChI is InChI=1S/C19H17BrNS/c1-21-12-17(14-7-4-3-5-8-14)19(22-2)18(13-21)15-9-6-10-16(20)11-15/h3-13H,1-2H3/q+1. The number of hydrogen-bond acceptors (Lipinski definition) is 1. The van der Waals surface area contributed by atoms with Crippen molar-refractivity contribution in [3.8, 4) is 22.3 Å². The number of nitrogens with zero attached hydrogens (tertiary/aromatic N) is 1. The molecule has 1 heterocycles. The van der Waals surface area contributed by atoms with Gasteiger partial charge in [-0.2, -0.15) is 0 Å². The van der Waals surface area contributed by atoms with Crippen LogP contribution in [0.3, 0.4) is 0 Å². The van der Waals surface area contributed by atoms with Gasteiger partial charge in [0.05, 0.1) is 11.1 Å². The lowest BCUT2D eigenvalue weighted by Crippen LogP contribution is -2.27. The van der Waals surface area contributed by atoms with Crippen LogP contribution in [0.15, 0.2) is 76.4 Å². The van der Waals surface area contributed by atoms with E-state index in [-0.39, 0.29) is 0 Å². The topological polar surface area (TPSA) is 3.88 Å². The number of aryl methyl sites for hydroxylation is 1. The molecular formula is C19H17BrNS+. The first-order valence-electron chi connectivity index (χ1n) is 7.07. The smallest absolute Gasteiger partial charge is 0.177 e. The van der Waals surface area contributed by atoms with E-state index in [2.05, 4.69) is 101 Å². The maximum atomic E-state index is 3.57. The molecule has 0 aliphatic heterocycles. The van der Waals surface area contributed by atoms with Crippen molar-refractivity contribution in [1.29, 1.82) is 0 Å². The van der Waals surface area contributed by atoms with Crippen molar-refractivity contribution in [1.82, 2.24) is 0 Å². The van der Waals surface area contributed by atoms with Crippen LogP contribution in [-0.2, 0) is 7.05 Å². The number of rotatable bonds is 3. The fraction of sp³-hybridized carbons (Fsp3) is 0.105. The molecule has 0 saturated carbocycles. The first-order valence-corrected chi connectivity index (χ1v) is 9.09. The monoisotopic (exact) mass is 370 g/mol. The Labute approximate surface area is 144 Å². The van der Waals surface area contributed by atoms with Crippen LogP contribution in [0.5, 0.6) is 0 Å². The molecule has 0 N–H and O–H groups in total. The Morgan fingerprint density at radius 1 is 0.864 bits per heavy atom. The zero-order valence-corrected chi connectivity index (χ0v) is 15.0. The maximum Gasteiger partial charge on any atom is 0.177 e. The van der Waals surface area contributed by atoms with Crippen molar-refractivity contribution in [2.24, 2.45) is 7.05 Å². The average Bonchev–Trinajstić information content (AvgIpc) is 2.55. The van der Waals surface area contributed by atoms with E-state index in [4.69, 9.17) is 0 Å². The zero-order valence-electron chi connectivity index (χ0n) is 12.6. The predicted octanol–water partition coefficient (Wildman–Crippen LogP) is 5.33. The average molecular weight is 371 g/mol. The zero-order chi connectivity index (χ0) is 15.5. The van der Waals surface area contributed by atoms with Gasteiger partial charge >= 0.3 is 0 Å².